The molecule has 0 spiro atoms. The van der Waals surface area contributed by atoms with Crippen LogP contribution in [0.2, 0.25) is 0 Å². The zero-order chi connectivity index (χ0) is 12.8. The summed E-state index contributed by atoms with van der Waals surface area (Å²) in [7, 11) is 0. The molecule has 0 saturated carbocycles. The number of aromatic nitrogens is 3. The summed E-state index contributed by atoms with van der Waals surface area (Å²) in [5.74, 6) is 0.772. The average Bonchev–Trinajstić information content (AvgIpc) is 2.88. The van der Waals surface area contributed by atoms with E-state index in [9.17, 15) is 0 Å². The van der Waals surface area contributed by atoms with Gasteiger partial charge in [-0.05, 0) is 18.7 Å². The van der Waals surface area contributed by atoms with Crippen LogP contribution in [0, 0.1) is 0 Å². The fourth-order valence-electron chi connectivity index (χ4n) is 1.77. The summed E-state index contributed by atoms with van der Waals surface area (Å²) >= 11 is 0. The topological polar surface area (TPSA) is 54.2 Å². The lowest BCUT2D eigenvalue weighted by Crippen LogP contribution is -2.26. The van der Waals surface area contributed by atoms with E-state index in [0.29, 0.717) is 13.1 Å². The zero-order valence-corrected chi connectivity index (χ0v) is 10.5. The van der Waals surface area contributed by atoms with Crippen LogP contribution in [0.4, 0.5) is 0 Å². The van der Waals surface area contributed by atoms with Gasteiger partial charge in [0.1, 0.15) is 6.33 Å². The fourth-order valence-corrected chi connectivity index (χ4v) is 1.77. The third-order valence-corrected chi connectivity index (χ3v) is 2.79. The van der Waals surface area contributed by atoms with Gasteiger partial charge in [0.2, 0.25) is 0 Å². The van der Waals surface area contributed by atoms with E-state index in [4.69, 9.17) is 5.11 Å². The minimum atomic E-state index is 0.160. The number of nitrogens with zero attached hydrogens (tertiary/aromatic N) is 4. The molecule has 0 saturated heterocycles. The molecule has 0 aliphatic heterocycles. The van der Waals surface area contributed by atoms with Crippen molar-refractivity contribution in [1.82, 2.24) is 19.7 Å². The number of aliphatic hydroxyl groups excluding tert-OH is 1. The van der Waals surface area contributed by atoms with E-state index >= 15 is 0 Å². The first kappa shape index (κ1) is 12.7. The van der Waals surface area contributed by atoms with Gasteiger partial charge >= 0.3 is 0 Å². The van der Waals surface area contributed by atoms with Crippen molar-refractivity contribution in [1.29, 1.82) is 0 Å². The van der Waals surface area contributed by atoms with Gasteiger partial charge in [0.25, 0.3) is 0 Å². The number of benzene rings is 1. The van der Waals surface area contributed by atoms with Gasteiger partial charge in [-0.2, -0.15) is 0 Å². The highest BCUT2D eigenvalue weighted by atomic mass is 16.3. The van der Waals surface area contributed by atoms with Crippen molar-refractivity contribution >= 4 is 0 Å². The van der Waals surface area contributed by atoms with Crippen molar-refractivity contribution in [2.75, 3.05) is 19.7 Å². The van der Waals surface area contributed by atoms with Crippen LogP contribution in [-0.4, -0.2) is 44.5 Å². The first-order chi connectivity index (χ1) is 8.83. The molecule has 0 bridgehead atoms. The molecule has 1 aromatic heterocycles. The van der Waals surface area contributed by atoms with Crippen LogP contribution in [-0.2, 0) is 6.54 Å². The minimum absolute atomic E-state index is 0.160. The van der Waals surface area contributed by atoms with Crippen LogP contribution in [0.25, 0.3) is 5.69 Å². The molecule has 0 atom stereocenters. The average molecular weight is 246 g/mol. The molecule has 0 aliphatic rings. The van der Waals surface area contributed by atoms with Crippen LogP contribution in [0.5, 0.6) is 0 Å². The molecule has 2 aromatic rings. The quantitative estimate of drug-likeness (QED) is 0.828. The molecule has 0 amide bonds. The largest absolute Gasteiger partial charge is 0.395 e. The number of hydrogen-bond acceptors (Lipinski definition) is 4. The summed E-state index contributed by atoms with van der Waals surface area (Å²) in [5.41, 5.74) is 1.00. The molecule has 0 unspecified atom stereocenters. The molecule has 18 heavy (non-hydrogen) atoms. The van der Waals surface area contributed by atoms with E-state index < -0.39 is 0 Å². The third-order valence-electron chi connectivity index (χ3n) is 2.79. The summed E-state index contributed by atoms with van der Waals surface area (Å²) < 4.78 is 1.77. The Morgan fingerprint density at radius 3 is 2.72 bits per heavy atom. The maximum atomic E-state index is 8.94. The summed E-state index contributed by atoms with van der Waals surface area (Å²) in [6.07, 6.45) is 1.72. The van der Waals surface area contributed by atoms with Gasteiger partial charge in [-0.3, -0.25) is 4.90 Å². The smallest absolute Gasteiger partial charge is 0.164 e. The molecular formula is C13H18N4O. The molecule has 2 rings (SSSR count). The summed E-state index contributed by atoms with van der Waals surface area (Å²) in [6, 6.07) is 9.90. The Morgan fingerprint density at radius 1 is 1.28 bits per heavy atom. The van der Waals surface area contributed by atoms with Gasteiger partial charge in [-0.15, -0.1) is 5.10 Å². The highest BCUT2D eigenvalue weighted by molar-refractivity contribution is 5.29. The predicted octanol–water partition coefficient (Wildman–Crippen LogP) is 1.08. The Kier molecular flexibility index (Phi) is 4.44. The van der Waals surface area contributed by atoms with Gasteiger partial charge in [0.15, 0.2) is 5.82 Å². The first-order valence-corrected chi connectivity index (χ1v) is 6.12. The lowest BCUT2D eigenvalue weighted by atomic mass is 10.3. The lowest BCUT2D eigenvalue weighted by molar-refractivity contribution is 0.194. The molecule has 96 valence electrons. The molecule has 1 aromatic carbocycles. The van der Waals surface area contributed by atoms with Crippen molar-refractivity contribution in [3.05, 3.63) is 42.5 Å². The van der Waals surface area contributed by atoms with E-state index in [1.54, 1.807) is 11.0 Å². The molecular weight excluding hydrogens is 228 g/mol. The summed E-state index contributed by atoms with van der Waals surface area (Å²) in [5, 5.41) is 13.4. The molecule has 5 heteroatoms. The molecule has 0 fully saturated rings. The number of likely N-dealkylation sites (N-methyl/N-ethyl adjacent to an activating group) is 1. The van der Waals surface area contributed by atoms with E-state index in [-0.39, 0.29) is 6.61 Å². The maximum absolute atomic E-state index is 8.94. The molecule has 0 aliphatic carbocycles. The van der Waals surface area contributed by atoms with Crippen molar-refractivity contribution < 1.29 is 5.11 Å². The molecule has 1 N–H and O–H groups in total. The SMILES string of the molecule is CCN(CCO)Cc1ncn(-c2ccccc2)n1. The van der Waals surface area contributed by atoms with Crippen molar-refractivity contribution in [3.8, 4) is 5.69 Å². The summed E-state index contributed by atoms with van der Waals surface area (Å²) in [4.78, 5) is 6.39. The van der Waals surface area contributed by atoms with E-state index in [1.165, 1.54) is 0 Å². The lowest BCUT2D eigenvalue weighted by Gasteiger charge is -2.16. The van der Waals surface area contributed by atoms with Crippen LogP contribution in [0.15, 0.2) is 36.7 Å². The van der Waals surface area contributed by atoms with Crippen molar-refractivity contribution in [2.45, 2.75) is 13.5 Å². The van der Waals surface area contributed by atoms with Gasteiger partial charge in [-0.1, -0.05) is 25.1 Å². The number of para-hydroxylation sites is 1. The number of hydrogen-bond donors (Lipinski definition) is 1. The zero-order valence-electron chi connectivity index (χ0n) is 10.5. The van der Waals surface area contributed by atoms with Gasteiger partial charge in [0, 0.05) is 6.54 Å². The second kappa shape index (κ2) is 6.28. The van der Waals surface area contributed by atoms with Crippen LogP contribution in [0.1, 0.15) is 12.7 Å². The van der Waals surface area contributed by atoms with Crippen molar-refractivity contribution in [3.63, 3.8) is 0 Å². The van der Waals surface area contributed by atoms with Crippen LogP contribution >= 0.6 is 0 Å². The highest BCUT2D eigenvalue weighted by Gasteiger charge is 2.07. The number of rotatable bonds is 6. The minimum Gasteiger partial charge on any atom is -0.395 e. The van der Waals surface area contributed by atoms with Crippen LogP contribution < -0.4 is 0 Å². The van der Waals surface area contributed by atoms with Gasteiger partial charge in [-0.25, -0.2) is 9.67 Å². The maximum Gasteiger partial charge on any atom is 0.164 e. The van der Waals surface area contributed by atoms with Crippen molar-refractivity contribution in [2.24, 2.45) is 0 Å². The predicted molar refractivity (Wildman–Crippen MR) is 69.4 cm³/mol. The van der Waals surface area contributed by atoms with E-state index in [1.807, 2.05) is 30.3 Å². The van der Waals surface area contributed by atoms with E-state index in [2.05, 4.69) is 21.9 Å². The second-order valence-corrected chi connectivity index (χ2v) is 4.03. The molecule has 0 radical (unpaired) electrons. The Hall–Kier alpha value is -1.72. The van der Waals surface area contributed by atoms with Crippen LogP contribution in [0.3, 0.4) is 0 Å². The summed E-state index contributed by atoms with van der Waals surface area (Å²) in [6.45, 7) is 4.41. The highest BCUT2D eigenvalue weighted by Crippen LogP contribution is 2.06. The fraction of sp³-hybridized carbons (Fsp3) is 0.385. The first-order valence-electron chi connectivity index (χ1n) is 6.12. The second-order valence-electron chi connectivity index (χ2n) is 4.03. The van der Waals surface area contributed by atoms with E-state index in [0.717, 1.165) is 18.1 Å². The standard InChI is InChI=1S/C13H18N4O/c1-2-16(8-9-18)10-13-14-11-17(15-13)12-6-4-3-5-7-12/h3-7,11,18H,2,8-10H2,1H3. The Morgan fingerprint density at radius 2 is 2.06 bits per heavy atom. The van der Waals surface area contributed by atoms with Gasteiger partial charge in [0.05, 0.1) is 18.8 Å². The Bertz CT molecular complexity index is 469. The Balaban J connectivity index is 2.06. The third kappa shape index (κ3) is 3.15. The monoisotopic (exact) mass is 246 g/mol. The molecule has 1 heterocycles. The number of aliphatic hydroxyl groups is 1. The molecule has 5 nitrogen and oxygen atoms in total. The Labute approximate surface area is 107 Å². The van der Waals surface area contributed by atoms with Gasteiger partial charge < -0.3 is 5.11 Å². The normalized spacial score (nSPS) is 11.1.